The van der Waals surface area contributed by atoms with Gasteiger partial charge in [0.2, 0.25) is 0 Å². The molecule has 0 saturated carbocycles. The molecule has 0 aliphatic carbocycles. The van der Waals surface area contributed by atoms with Crippen LogP contribution in [0.5, 0.6) is 5.75 Å². The Kier molecular flexibility index (Phi) is 1.37. The van der Waals surface area contributed by atoms with Crippen LogP contribution in [0.1, 0.15) is 0 Å². The minimum Gasteiger partial charge on any atom is -0.619 e. The molecule has 0 atom stereocenters. The number of aromatic hydroxyl groups is 1. The lowest BCUT2D eigenvalue weighted by atomic mass is 10.2. The Hall–Kier alpha value is -1.77. The maximum absolute atomic E-state index is 10.8. The normalized spacial score (nSPS) is 10.3. The van der Waals surface area contributed by atoms with Crippen LogP contribution in [0.2, 0.25) is 0 Å². The highest BCUT2D eigenvalue weighted by molar-refractivity contribution is 5.81. The van der Waals surface area contributed by atoms with Crippen LogP contribution in [0.4, 0.5) is 0 Å². The highest BCUT2D eigenvalue weighted by atomic mass is 16.5. The van der Waals surface area contributed by atoms with E-state index in [4.69, 9.17) is 5.11 Å². The quantitative estimate of drug-likeness (QED) is 0.466. The van der Waals surface area contributed by atoms with Gasteiger partial charge in [-0.25, -0.2) is 0 Å². The van der Waals surface area contributed by atoms with Gasteiger partial charge in [-0.2, -0.15) is 4.73 Å². The number of benzene rings is 1. The molecule has 0 fully saturated rings. The van der Waals surface area contributed by atoms with Gasteiger partial charge in [0, 0.05) is 6.07 Å². The third-order valence-electron chi connectivity index (χ3n) is 1.74. The Morgan fingerprint density at radius 3 is 2.83 bits per heavy atom. The predicted molar refractivity (Wildman–Crippen MR) is 44.6 cm³/mol. The Balaban J connectivity index is 2.80. The molecule has 3 heteroatoms. The third kappa shape index (κ3) is 1.05. The average molecular weight is 161 g/mol. The molecule has 2 rings (SSSR count). The number of phenols is 1. The molecule has 0 radical (unpaired) electrons. The van der Waals surface area contributed by atoms with Gasteiger partial charge in [-0.1, -0.05) is 6.07 Å². The Labute approximate surface area is 69.1 Å². The van der Waals surface area contributed by atoms with Gasteiger partial charge in [0.05, 0.1) is 5.39 Å². The van der Waals surface area contributed by atoms with Gasteiger partial charge >= 0.3 is 0 Å². The largest absolute Gasteiger partial charge is 0.619 e. The lowest BCUT2D eigenvalue weighted by molar-refractivity contribution is -0.603. The van der Waals surface area contributed by atoms with Crippen LogP contribution in [0.25, 0.3) is 10.8 Å². The number of fused-ring (bicyclic) bond motifs is 1. The van der Waals surface area contributed by atoms with Crippen molar-refractivity contribution < 1.29 is 9.84 Å². The van der Waals surface area contributed by atoms with Gasteiger partial charge in [0.25, 0.3) is 0 Å². The first-order chi connectivity index (χ1) is 5.75. The highest BCUT2D eigenvalue weighted by Crippen LogP contribution is 2.17. The fraction of sp³-hybridized carbons (Fsp3) is 0. The zero-order valence-corrected chi connectivity index (χ0v) is 6.27. The summed E-state index contributed by atoms with van der Waals surface area (Å²) in [6, 6.07) is 6.63. The summed E-state index contributed by atoms with van der Waals surface area (Å²) < 4.78 is 0.710. The molecule has 0 aliphatic heterocycles. The lowest BCUT2D eigenvalue weighted by Gasteiger charge is -1.98. The van der Waals surface area contributed by atoms with Crippen molar-refractivity contribution in [3.8, 4) is 5.75 Å². The first kappa shape index (κ1) is 6.91. The van der Waals surface area contributed by atoms with Crippen molar-refractivity contribution in [2.24, 2.45) is 0 Å². The van der Waals surface area contributed by atoms with Crippen molar-refractivity contribution in [2.75, 3.05) is 0 Å². The van der Waals surface area contributed by atoms with Crippen molar-refractivity contribution in [1.29, 1.82) is 0 Å². The molecule has 1 aromatic heterocycles. The molecule has 0 saturated heterocycles. The average Bonchev–Trinajstić information content (AvgIpc) is 2.03. The SMILES string of the molecule is [O-][n+]1ccc2ccc(O)cc2c1. The van der Waals surface area contributed by atoms with Crippen LogP contribution >= 0.6 is 0 Å². The first-order valence-electron chi connectivity index (χ1n) is 3.57. The summed E-state index contributed by atoms with van der Waals surface area (Å²) in [5.74, 6) is 0.175. The van der Waals surface area contributed by atoms with Gasteiger partial charge in [0.15, 0.2) is 12.4 Å². The smallest absolute Gasteiger partial charge is 0.188 e. The fourth-order valence-corrected chi connectivity index (χ4v) is 1.16. The van der Waals surface area contributed by atoms with E-state index in [0.717, 1.165) is 10.8 Å². The minimum absolute atomic E-state index is 0.175. The second-order valence-corrected chi connectivity index (χ2v) is 2.62. The van der Waals surface area contributed by atoms with Crippen molar-refractivity contribution in [3.63, 3.8) is 0 Å². The van der Waals surface area contributed by atoms with Crippen LogP contribution in [0.3, 0.4) is 0 Å². The monoisotopic (exact) mass is 161 g/mol. The van der Waals surface area contributed by atoms with E-state index < -0.39 is 0 Å². The zero-order chi connectivity index (χ0) is 8.55. The van der Waals surface area contributed by atoms with Crippen molar-refractivity contribution in [3.05, 3.63) is 41.9 Å². The number of hydrogen-bond donors (Lipinski definition) is 1. The van der Waals surface area contributed by atoms with E-state index in [1.165, 1.54) is 12.4 Å². The van der Waals surface area contributed by atoms with E-state index >= 15 is 0 Å². The van der Waals surface area contributed by atoms with Gasteiger partial charge in [0.1, 0.15) is 5.75 Å². The van der Waals surface area contributed by atoms with E-state index in [1.807, 2.05) is 0 Å². The van der Waals surface area contributed by atoms with E-state index in [1.54, 1.807) is 24.3 Å². The van der Waals surface area contributed by atoms with Gasteiger partial charge < -0.3 is 10.3 Å². The minimum atomic E-state index is 0.175. The summed E-state index contributed by atoms with van der Waals surface area (Å²) in [6.07, 6.45) is 2.86. The second-order valence-electron chi connectivity index (χ2n) is 2.62. The van der Waals surface area contributed by atoms with Crippen molar-refractivity contribution in [2.45, 2.75) is 0 Å². The maximum atomic E-state index is 10.8. The molecule has 1 N–H and O–H groups in total. The number of nitrogens with zero attached hydrogens (tertiary/aromatic N) is 1. The summed E-state index contributed by atoms with van der Waals surface area (Å²) in [6.45, 7) is 0. The van der Waals surface area contributed by atoms with Gasteiger partial charge in [-0.3, -0.25) is 0 Å². The van der Waals surface area contributed by atoms with E-state index in [9.17, 15) is 5.21 Å². The number of aromatic nitrogens is 1. The summed E-state index contributed by atoms with van der Waals surface area (Å²) in [4.78, 5) is 0. The molecule has 0 amide bonds. The molecule has 12 heavy (non-hydrogen) atoms. The molecule has 0 spiro atoms. The molecular weight excluding hydrogens is 154 g/mol. The summed E-state index contributed by atoms with van der Waals surface area (Å²) in [7, 11) is 0. The number of pyridine rings is 1. The molecule has 60 valence electrons. The standard InChI is InChI=1S/C9H7NO2/c11-9-2-1-7-3-4-10(12)6-8(7)5-9/h1-6,11H. The molecule has 1 heterocycles. The molecule has 1 aromatic carbocycles. The number of rotatable bonds is 0. The van der Waals surface area contributed by atoms with E-state index in [-0.39, 0.29) is 5.75 Å². The van der Waals surface area contributed by atoms with Crippen molar-refractivity contribution in [1.82, 2.24) is 0 Å². The number of hydrogen-bond acceptors (Lipinski definition) is 2. The topological polar surface area (TPSA) is 47.2 Å². The number of phenolic OH excluding ortho intramolecular Hbond substituents is 1. The molecule has 0 unspecified atom stereocenters. The maximum Gasteiger partial charge on any atom is 0.188 e. The Morgan fingerprint density at radius 1 is 1.17 bits per heavy atom. The second kappa shape index (κ2) is 2.37. The third-order valence-corrected chi connectivity index (χ3v) is 1.74. The Morgan fingerprint density at radius 2 is 2.00 bits per heavy atom. The van der Waals surface area contributed by atoms with E-state index in [2.05, 4.69) is 0 Å². The molecule has 0 aliphatic rings. The predicted octanol–water partition coefficient (Wildman–Crippen LogP) is 1.18. The highest BCUT2D eigenvalue weighted by Gasteiger charge is 1.97. The van der Waals surface area contributed by atoms with Gasteiger partial charge in [-0.05, 0) is 17.5 Å². The van der Waals surface area contributed by atoms with Crippen LogP contribution in [0.15, 0.2) is 36.7 Å². The molecule has 0 bridgehead atoms. The molecule has 3 nitrogen and oxygen atoms in total. The van der Waals surface area contributed by atoms with Crippen LogP contribution in [-0.4, -0.2) is 5.11 Å². The summed E-state index contributed by atoms with van der Waals surface area (Å²) in [5.41, 5.74) is 0. The van der Waals surface area contributed by atoms with Crippen molar-refractivity contribution >= 4 is 10.8 Å². The van der Waals surface area contributed by atoms with Gasteiger partial charge in [-0.15, -0.1) is 0 Å². The fourth-order valence-electron chi connectivity index (χ4n) is 1.16. The lowest BCUT2D eigenvalue weighted by Crippen LogP contribution is -2.23. The molecular formula is C9H7NO2. The zero-order valence-electron chi connectivity index (χ0n) is 6.27. The summed E-state index contributed by atoms with van der Waals surface area (Å²) in [5, 5.41) is 21.6. The summed E-state index contributed by atoms with van der Waals surface area (Å²) >= 11 is 0. The van der Waals surface area contributed by atoms with Crippen LogP contribution < -0.4 is 4.73 Å². The van der Waals surface area contributed by atoms with Crippen LogP contribution in [0, 0.1) is 5.21 Å². The Bertz CT molecular complexity index is 389. The van der Waals surface area contributed by atoms with E-state index in [0.29, 0.717) is 4.73 Å². The first-order valence-corrected chi connectivity index (χ1v) is 3.57. The van der Waals surface area contributed by atoms with Crippen LogP contribution in [-0.2, 0) is 0 Å². The molecule has 2 aromatic rings.